The Hall–Kier alpha value is -1.32. The van der Waals surface area contributed by atoms with Gasteiger partial charge in [0.05, 0.1) is 0 Å². The number of hydrogen-bond donors (Lipinski definition) is 2. The summed E-state index contributed by atoms with van der Waals surface area (Å²) < 4.78 is 0. The van der Waals surface area contributed by atoms with Gasteiger partial charge >= 0.3 is 0 Å². The molecule has 0 bridgehead atoms. The van der Waals surface area contributed by atoms with Gasteiger partial charge in [-0.1, -0.05) is 27.7 Å². The summed E-state index contributed by atoms with van der Waals surface area (Å²) in [6.07, 6.45) is 1.61. The maximum atomic E-state index is 4.31. The van der Waals surface area contributed by atoms with E-state index in [9.17, 15) is 0 Å². The van der Waals surface area contributed by atoms with Gasteiger partial charge in [-0.05, 0) is 25.2 Å². The summed E-state index contributed by atoms with van der Waals surface area (Å²) >= 11 is 0. The Morgan fingerprint density at radius 1 is 1.17 bits per heavy atom. The van der Waals surface area contributed by atoms with Crippen LogP contribution in [0.4, 0.5) is 11.6 Å². The summed E-state index contributed by atoms with van der Waals surface area (Å²) in [4.78, 5) is 8.56. The standard InChI is InChI=1S/C14H26N4/c1-7-15-12-11(3)13(18-9-17-12)16-8-10(2)14(4,5)6/h9-10H,7-8H2,1-6H3,(H2,15,16,17,18). The van der Waals surface area contributed by atoms with Crippen LogP contribution in [-0.4, -0.2) is 23.1 Å². The van der Waals surface area contributed by atoms with Gasteiger partial charge in [0.2, 0.25) is 0 Å². The Morgan fingerprint density at radius 2 is 1.72 bits per heavy atom. The van der Waals surface area contributed by atoms with Gasteiger partial charge in [-0.3, -0.25) is 0 Å². The molecule has 0 amide bonds. The fourth-order valence-corrected chi connectivity index (χ4v) is 1.53. The van der Waals surface area contributed by atoms with Crippen molar-refractivity contribution in [1.82, 2.24) is 9.97 Å². The first-order valence-electron chi connectivity index (χ1n) is 6.65. The van der Waals surface area contributed by atoms with Crippen LogP contribution < -0.4 is 10.6 Å². The lowest BCUT2D eigenvalue weighted by molar-refractivity contribution is 0.274. The van der Waals surface area contributed by atoms with Gasteiger partial charge in [-0.2, -0.15) is 0 Å². The van der Waals surface area contributed by atoms with Gasteiger partial charge in [0, 0.05) is 18.7 Å². The molecule has 0 fully saturated rings. The van der Waals surface area contributed by atoms with E-state index in [-0.39, 0.29) is 0 Å². The van der Waals surface area contributed by atoms with Crippen LogP contribution in [-0.2, 0) is 0 Å². The van der Waals surface area contributed by atoms with Crippen LogP contribution in [0.1, 0.15) is 40.2 Å². The van der Waals surface area contributed by atoms with E-state index in [1.165, 1.54) is 0 Å². The van der Waals surface area contributed by atoms with Crippen molar-refractivity contribution in [3.8, 4) is 0 Å². The van der Waals surface area contributed by atoms with E-state index in [2.05, 4.69) is 55.2 Å². The summed E-state index contributed by atoms with van der Waals surface area (Å²) in [5.41, 5.74) is 1.39. The highest BCUT2D eigenvalue weighted by Crippen LogP contribution is 2.26. The first kappa shape index (κ1) is 14.7. The van der Waals surface area contributed by atoms with Crippen molar-refractivity contribution in [2.24, 2.45) is 11.3 Å². The fourth-order valence-electron chi connectivity index (χ4n) is 1.53. The van der Waals surface area contributed by atoms with Crippen molar-refractivity contribution in [1.29, 1.82) is 0 Å². The van der Waals surface area contributed by atoms with Gasteiger partial charge in [-0.15, -0.1) is 0 Å². The molecule has 0 aliphatic rings. The molecule has 2 N–H and O–H groups in total. The number of nitrogens with zero attached hydrogens (tertiary/aromatic N) is 2. The summed E-state index contributed by atoms with van der Waals surface area (Å²) in [5, 5.41) is 6.67. The summed E-state index contributed by atoms with van der Waals surface area (Å²) in [6, 6.07) is 0. The Kier molecular flexibility index (Phi) is 4.93. The summed E-state index contributed by atoms with van der Waals surface area (Å²) in [5.74, 6) is 2.42. The molecule has 0 aliphatic heterocycles. The van der Waals surface area contributed by atoms with Crippen LogP contribution in [0, 0.1) is 18.3 Å². The Balaban J connectivity index is 2.71. The third kappa shape index (κ3) is 3.86. The maximum Gasteiger partial charge on any atom is 0.134 e. The molecule has 102 valence electrons. The molecule has 1 unspecified atom stereocenters. The number of hydrogen-bond acceptors (Lipinski definition) is 4. The minimum atomic E-state index is 0.304. The lowest BCUT2D eigenvalue weighted by Crippen LogP contribution is -2.25. The molecule has 1 aromatic heterocycles. The molecule has 4 nitrogen and oxygen atoms in total. The number of nitrogens with one attached hydrogen (secondary N) is 2. The summed E-state index contributed by atoms with van der Waals surface area (Å²) in [6.45, 7) is 14.9. The van der Waals surface area contributed by atoms with E-state index in [1.54, 1.807) is 6.33 Å². The smallest absolute Gasteiger partial charge is 0.134 e. The second-order valence-electron chi connectivity index (χ2n) is 5.87. The van der Waals surface area contributed by atoms with Gasteiger partial charge in [0.25, 0.3) is 0 Å². The zero-order valence-electron chi connectivity index (χ0n) is 12.5. The number of anilines is 2. The zero-order chi connectivity index (χ0) is 13.8. The van der Waals surface area contributed by atoms with E-state index in [0.29, 0.717) is 11.3 Å². The Bertz CT molecular complexity index is 382. The van der Waals surface area contributed by atoms with E-state index in [1.807, 2.05) is 6.92 Å². The van der Waals surface area contributed by atoms with Crippen molar-refractivity contribution in [2.75, 3.05) is 23.7 Å². The van der Waals surface area contributed by atoms with Gasteiger partial charge in [-0.25, -0.2) is 9.97 Å². The van der Waals surface area contributed by atoms with E-state index < -0.39 is 0 Å². The van der Waals surface area contributed by atoms with Crippen LogP contribution >= 0.6 is 0 Å². The molecule has 1 atom stereocenters. The Morgan fingerprint density at radius 3 is 2.22 bits per heavy atom. The van der Waals surface area contributed by atoms with E-state index >= 15 is 0 Å². The quantitative estimate of drug-likeness (QED) is 0.841. The third-order valence-corrected chi connectivity index (χ3v) is 3.48. The van der Waals surface area contributed by atoms with Gasteiger partial charge < -0.3 is 10.6 Å². The molecule has 4 heteroatoms. The fraction of sp³-hybridized carbons (Fsp3) is 0.714. The van der Waals surface area contributed by atoms with Crippen molar-refractivity contribution in [3.05, 3.63) is 11.9 Å². The zero-order valence-corrected chi connectivity index (χ0v) is 12.5. The minimum absolute atomic E-state index is 0.304. The third-order valence-electron chi connectivity index (χ3n) is 3.48. The second kappa shape index (κ2) is 6.03. The van der Waals surface area contributed by atoms with Crippen LogP contribution in [0.15, 0.2) is 6.33 Å². The molecular weight excluding hydrogens is 224 g/mol. The highest BCUT2D eigenvalue weighted by Gasteiger charge is 2.20. The number of aromatic nitrogens is 2. The predicted octanol–water partition coefficient (Wildman–Crippen LogP) is 3.31. The number of rotatable bonds is 5. The first-order chi connectivity index (χ1) is 8.36. The van der Waals surface area contributed by atoms with Crippen molar-refractivity contribution < 1.29 is 0 Å². The first-order valence-corrected chi connectivity index (χ1v) is 6.65. The molecule has 1 rings (SSSR count). The molecule has 0 saturated heterocycles. The molecule has 0 radical (unpaired) electrons. The topological polar surface area (TPSA) is 49.8 Å². The minimum Gasteiger partial charge on any atom is -0.370 e. The van der Waals surface area contributed by atoms with Gasteiger partial charge in [0.1, 0.15) is 18.0 Å². The van der Waals surface area contributed by atoms with Crippen LogP contribution in [0.25, 0.3) is 0 Å². The molecular formula is C14H26N4. The predicted molar refractivity (Wildman–Crippen MR) is 78.0 cm³/mol. The second-order valence-corrected chi connectivity index (χ2v) is 5.87. The normalized spacial score (nSPS) is 13.2. The molecule has 0 saturated carbocycles. The summed E-state index contributed by atoms with van der Waals surface area (Å²) in [7, 11) is 0. The van der Waals surface area contributed by atoms with Crippen LogP contribution in [0.5, 0.6) is 0 Å². The van der Waals surface area contributed by atoms with Crippen molar-refractivity contribution in [3.63, 3.8) is 0 Å². The highest BCUT2D eigenvalue weighted by molar-refractivity contribution is 5.56. The SMILES string of the molecule is CCNc1ncnc(NCC(C)C(C)(C)C)c1C. The highest BCUT2D eigenvalue weighted by atomic mass is 15.1. The van der Waals surface area contributed by atoms with Crippen LogP contribution in [0.3, 0.4) is 0 Å². The lowest BCUT2D eigenvalue weighted by Gasteiger charge is -2.27. The van der Waals surface area contributed by atoms with Crippen LogP contribution in [0.2, 0.25) is 0 Å². The molecule has 18 heavy (non-hydrogen) atoms. The molecule has 1 heterocycles. The average Bonchev–Trinajstić information content (AvgIpc) is 2.29. The average molecular weight is 250 g/mol. The lowest BCUT2D eigenvalue weighted by atomic mass is 9.82. The maximum absolute atomic E-state index is 4.31. The molecule has 0 spiro atoms. The largest absolute Gasteiger partial charge is 0.370 e. The van der Waals surface area contributed by atoms with E-state index in [0.717, 1.165) is 30.3 Å². The Labute approximate surface area is 111 Å². The van der Waals surface area contributed by atoms with E-state index in [4.69, 9.17) is 0 Å². The monoisotopic (exact) mass is 250 g/mol. The molecule has 1 aromatic rings. The van der Waals surface area contributed by atoms with Crippen molar-refractivity contribution in [2.45, 2.75) is 41.5 Å². The molecule has 0 aliphatic carbocycles. The molecule has 0 aromatic carbocycles. The van der Waals surface area contributed by atoms with Gasteiger partial charge in [0.15, 0.2) is 0 Å². The van der Waals surface area contributed by atoms with Crippen molar-refractivity contribution >= 4 is 11.6 Å².